The molecule has 4 aromatic carbocycles. The Balaban J connectivity index is 1.19. The van der Waals surface area contributed by atoms with E-state index in [1.807, 2.05) is 42.5 Å². The number of para-hydroxylation sites is 2. The Bertz CT molecular complexity index is 2220. The van der Waals surface area contributed by atoms with Crippen molar-refractivity contribution < 1.29 is 18.8 Å². The molecule has 2 aromatic heterocycles. The van der Waals surface area contributed by atoms with E-state index in [4.69, 9.17) is 0 Å². The van der Waals surface area contributed by atoms with Gasteiger partial charge in [0.05, 0.1) is 26.8 Å². The molecule has 2 heterocycles. The van der Waals surface area contributed by atoms with Gasteiger partial charge in [-0.2, -0.15) is 0 Å². The maximum atomic E-state index is 13.6. The fraction of sp³-hybridized carbons (Fsp3) is 0.0789. The van der Waals surface area contributed by atoms with E-state index < -0.39 is 17.8 Å². The number of nitrogens with zero attached hydrogens (tertiary/aromatic N) is 3. The van der Waals surface area contributed by atoms with E-state index in [2.05, 4.69) is 38.7 Å². The third-order valence-corrected chi connectivity index (χ3v) is 8.65. The molecule has 11 heteroatoms. The first-order chi connectivity index (χ1) is 23.7. The highest BCUT2D eigenvalue weighted by atomic mass is 32.1. The van der Waals surface area contributed by atoms with Gasteiger partial charge in [0, 0.05) is 24.8 Å². The lowest BCUT2D eigenvalue weighted by atomic mass is 10.1. The summed E-state index contributed by atoms with van der Waals surface area (Å²) in [5.41, 5.74) is 4.93. The standard InChI is InChI=1S/C38H31FN6O3S/c1-23(17-18-24(2)39)22-45(3)38(48)33(25-11-5-4-6-12-25)44-36(47)37-43-31-20-19-26(21-32(31)49-37)40-35(46)28-14-8-7-13-27(28)34-41-29-15-9-10-16-30(29)42-34/h4-21,33H,1-2,22H2,3H3,(H,40,46)(H,41,42)(H,44,47)/b18-17-. The normalized spacial score (nSPS) is 11.8. The average Bonchev–Trinajstić information content (AvgIpc) is 3.74. The summed E-state index contributed by atoms with van der Waals surface area (Å²) in [5.74, 6) is -1.28. The minimum absolute atomic E-state index is 0.111. The zero-order valence-corrected chi connectivity index (χ0v) is 27.3. The summed E-state index contributed by atoms with van der Waals surface area (Å²) >= 11 is 1.14. The molecule has 0 saturated heterocycles. The maximum Gasteiger partial charge on any atom is 0.281 e. The highest BCUT2D eigenvalue weighted by Gasteiger charge is 2.27. The number of likely N-dealkylation sites (N-methyl/N-ethyl adjacent to an activating group) is 1. The van der Waals surface area contributed by atoms with Crippen LogP contribution in [0.4, 0.5) is 10.1 Å². The number of hydrogen-bond acceptors (Lipinski definition) is 6. The number of anilines is 1. The Hall–Kier alpha value is -6.20. The summed E-state index contributed by atoms with van der Waals surface area (Å²) in [7, 11) is 1.58. The van der Waals surface area contributed by atoms with Gasteiger partial charge < -0.3 is 20.5 Å². The number of carbonyl (C=O) groups is 3. The fourth-order valence-electron chi connectivity index (χ4n) is 5.26. The monoisotopic (exact) mass is 670 g/mol. The molecule has 0 bridgehead atoms. The molecule has 0 aliphatic carbocycles. The van der Waals surface area contributed by atoms with Crippen LogP contribution in [0.2, 0.25) is 0 Å². The quantitative estimate of drug-likeness (QED) is 0.123. The second kappa shape index (κ2) is 14.3. The first kappa shape index (κ1) is 32.7. The molecule has 0 spiro atoms. The van der Waals surface area contributed by atoms with Gasteiger partial charge in [-0.15, -0.1) is 11.3 Å². The lowest BCUT2D eigenvalue weighted by Crippen LogP contribution is -2.41. The van der Waals surface area contributed by atoms with Gasteiger partial charge in [-0.1, -0.05) is 79.9 Å². The minimum Gasteiger partial charge on any atom is -0.339 e. The van der Waals surface area contributed by atoms with E-state index in [0.717, 1.165) is 22.4 Å². The second-order valence-electron chi connectivity index (χ2n) is 11.3. The molecule has 0 aliphatic heterocycles. The van der Waals surface area contributed by atoms with Crippen molar-refractivity contribution in [3.05, 3.63) is 150 Å². The van der Waals surface area contributed by atoms with Gasteiger partial charge >= 0.3 is 0 Å². The number of hydrogen-bond donors (Lipinski definition) is 3. The highest BCUT2D eigenvalue weighted by Crippen LogP contribution is 2.28. The fourth-order valence-corrected chi connectivity index (χ4v) is 6.16. The number of aromatic nitrogens is 3. The van der Waals surface area contributed by atoms with Crippen molar-refractivity contribution in [1.82, 2.24) is 25.2 Å². The number of nitrogens with one attached hydrogen (secondary N) is 3. The highest BCUT2D eigenvalue weighted by molar-refractivity contribution is 7.20. The van der Waals surface area contributed by atoms with Gasteiger partial charge in [-0.25, -0.2) is 14.4 Å². The first-order valence-electron chi connectivity index (χ1n) is 15.2. The van der Waals surface area contributed by atoms with E-state index in [0.29, 0.717) is 44.0 Å². The van der Waals surface area contributed by atoms with Crippen molar-refractivity contribution in [3.63, 3.8) is 0 Å². The topological polar surface area (TPSA) is 120 Å². The molecule has 0 aliphatic rings. The van der Waals surface area contributed by atoms with Crippen molar-refractivity contribution in [3.8, 4) is 11.4 Å². The van der Waals surface area contributed by atoms with Gasteiger partial charge in [0.15, 0.2) is 5.01 Å². The Labute approximate surface area is 285 Å². The Morgan fingerprint density at radius 2 is 1.63 bits per heavy atom. The van der Waals surface area contributed by atoms with Gasteiger partial charge in [0.1, 0.15) is 17.7 Å². The van der Waals surface area contributed by atoms with Gasteiger partial charge in [0.2, 0.25) is 5.91 Å². The number of halogens is 1. The van der Waals surface area contributed by atoms with Crippen LogP contribution in [0.25, 0.3) is 32.6 Å². The van der Waals surface area contributed by atoms with Crippen LogP contribution in [-0.2, 0) is 4.79 Å². The molecular formula is C38H31FN6O3S. The number of rotatable bonds is 11. The van der Waals surface area contributed by atoms with Crippen LogP contribution in [0.15, 0.2) is 134 Å². The molecule has 9 nitrogen and oxygen atoms in total. The third kappa shape index (κ3) is 7.53. The van der Waals surface area contributed by atoms with Crippen molar-refractivity contribution >= 4 is 56.0 Å². The largest absolute Gasteiger partial charge is 0.339 e. The molecule has 49 heavy (non-hydrogen) atoms. The predicted octanol–water partition coefficient (Wildman–Crippen LogP) is 7.62. The Morgan fingerprint density at radius 1 is 0.898 bits per heavy atom. The molecule has 0 saturated carbocycles. The molecule has 244 valence electrons. The van der Waals surface area contributed by atoms with Crippen LogP contribution in [0.3, 0.4) is 0 Å². The second-order valence-corrected chi connectivity index (χ2v) is 12.3. The van der Waals surface area contributed by atoms with Crippen LogP contribution in [0.5, 0.6) is 0 Å². The SMILES string of the molecule is C=C(F)/C=C\C(=C)CN(C)C(=O)C(NC(=O)c1nc2ccc(NC(=O)c3ccccc3-c3nc4ccccc4[nH]3)cc2s1)c1ccccc1. The molecule has 1 atom stereocenters. The van der Waals surface area contributed by atoms with Crippen molar-refractivity contribution in [2.24, 2.45) is 0 Å². The van der Waals surface area contributed by atoms with E-state index in [1.165, 1.54) is 17.1 Å². The summed E-state index contributed by atoms with van der Waals surface area (Å²) in [6, 6.07) is 27.9. The molecule has 0 fully saturated rings. The van der Waals surface area contributed by atoms with E-state index in [-0.39, 0.29) is 23.4 Å². The summed E-state index contributed by atoms with van der Waals surface area (Å²) < 4.78 is 13.7. The van der Waals surface area contributed by atoms with Crippen molar-refractivity contribution in [2.45, 2.75) is 6.04 Å². The lowest BCUT2D eigenvalue weighted by molar-refractivity contribution is -0.131. The molecule has 3 N–H and O–H groups in total. The molecule has 6 rings (SSSR count). The Kier molecular flexibility index (Phi) is 9.54. The number of benzene rings is 4. The lowest BCUT2D eigenvalue weighted by Gasteiger charge is -2.25. The molecular weight excluding hydrogens is 640 g/mol. The number of fused-ring (bicyclic) bond motifs is 2. The summed E-state index contributed by atoms with van der Waals surface area (Å²) in [6.45, 7) is 7.17. The molecule has 3 amide bonds. The van der Waals surface area contributed by atoms with Crippen LogP contribution in [0.1, 0.15) is 31.8 Å². The van der Waals surface area contributed by atoms with E-state index >= 15 is 0 Å². The number of thiazole rings is 1. The number of H-pyrrole nitrogens is 1. The van der Waals surface area contributed by atoms with E-state index in [9.17, 15) is 18.8 Å². The zero-order valence-electron chi connectivity index (χ0n) is 26.4. The van der Waals surface area contributed by atoms with E-state index in [1.54, 1.807) is 61.6 Å². The summed E-state index contributed by atoms with van der Waals surface area (Å²) in [4.78, 5) is 54.4. The van der Waals surface area contributed by atoms with Gasteiger partial charge in [-0.3, -0.25) is 14.4 Å². The van der Waals surface area contributed by atoms with Crippen LogP contribution >= 0.6 is 11.3 Å². The Morgan fingerprint density at radius 3 is 2.41 bits per heavy atom. The average molecular weight is 671 g/mol. The first-order valence-corrected chi connectivity index (χ1v) is 16.0. The smallest absolute Gasteiger partial charge is 0.281 e. The number of allylic oxidation sites excluding steroid dienone is 2. The predicted molar refractivity (Wildman–Crippen MR) is 192 cm³/mol. The summed E-state index contributed by atoms with van der Waals surface area (Å²) in [5, 5.41) is 5.94. The third-order valence-electron chi connectivity index (χ3n) is 7.63. The molecule has 0 radical (unpaired) electrons. The maximum absolute atomic E-state index is 13.6. The van der Waals surface area contributed by atoms with Crippen molar-refractivity contribution in [2.75, 3.05) is 18.9 Å². The van der Waals surface area contributed by atoms with Gasteiger partial charge in [0.25, 0.3) is 11.8 Å². The number of aromatic amines is 1. The molecule has 1 unspecified atom stereocenters. The van der Waals surface area contributed by atoms with Gasteiger partial charge in [-0.05, 0) is 53.6 Å². The number of carbonyl (C=O) groups excluding carboxylic acids is 3. The van der Waals surface area contributed by atoms with Crippen LogP contribution < -0.4 is 10.6 Å². The summed E-state index contributed by atoms with van der Waals surface area (Å²) in [6.07, 6.45) is 2.61. The number of amides is 3. The zero-order chi connectivity index (χ0) is 34.5. The minimum atomic E-state index is -1.01. The van der Waals surface area contributed by atoms with Crippen LogP contribution in [0, 0.1) is 0 Å². The number of imidazole rings is 1. The van der Waals surface area contributed by atoms with Crippen LogP contribution in [-0.4, -0.2) is 51.2 Å². The molecule has 6 aromatic rings. The van der Waals surface area contributed by atoms with Crippen molar-refractivity contribution in [1.29, 1.82) is 0 Å².